The van der Waals surface area contributed by atoms with Crippen molar-refractivity contribution in [2.24, 2.45) is 0 Å². The van der Waals surface area contributed by atoms with Gasteiger partial charge >= 0.3 is 11.8 Å². The van der Waals surface area contributed by atoms with Crippen LogP contribution in [0.25, 0.3) is 11.0 Å². The molecule has 0 radical (unpaired) electrons. The van der Waals surface area contributed by atoms with Crippen LogP contribution < -0.4 is 10.1 Å². The first-order valence-corrected chi connectivity index (χ1v) is 9.79. The summed E-state index contributed by atoms with van der Waals surface area (Å²) in [5, 5.41) is 2.65. The molecular weight excluding hydrogens is 380 g/mol. The number of anilines is 1. The molecule has 0 unspecified atom stereocenters. The molecule has 1 atom stereocenters. The lowest BCUT2D eigenvalue weighted by molar-refractivity contribution is -0.143. The number of likely N-dealkylation sites (tertiary alicyclic amines) is 1. The fourth-order valence-electron chi connectivity index (χ4n) is 3.70. The van der Waals surface area contributed by atoms with Gasteiger partial charge in [0.15, 0.2) is 0 Å². The van der Waals surface area contributed by atoms with Crippen molar-refractivity contribution in [1.82, 2.24) is 14.9 Å². The minimum atomic E-state index is -0.692. The number of hydrogen-bond donors (Lipinski definition) is 2. The van der Waals surface area contributed by atoms with E-state index in [1.807, 2.05) is 25.1 Å². The molecule has 3 aromatic rings. The molecule has 152 valence electrons. The van der Waals surface area contributed by atoms with E-state index in [-0.39, 0.29) is 12.6 Å². The number of aryl methyl sites for hydroxylation is 1. The Hall–Kier alpha value is -3.79. The summed E-state index contributed by atoms with van der Waals surface area (Å²) in [5.74, 6) is 2.34. The van der Waals surface area contributed by atoms with Crippen LogP contribution in [0.4, 0.5) is 5.69 Å². The number of carbonyl (C=O) groups excluding carboxylic acids is 2. The van der Waals surface area contributed by atoms with Crippen LogP contribution in [0.1, 0.15) is 30.3 Å². The first-order valence-electron chi connectivity index (χ1n) is 9.79. The van der Waals surface area contributed by atoms with Crippen molar-refractivity contribution >= 4 is 28.5 Å². The molecule has 0 saturated carbocycles. The lowest BCUT2D eigenvalue weighted by Gasteiger charge is -2.22. The average molecular weight is 402 g/mol. The topological polar surface area (TPSA) is 87.3 Å². The van der Waals surface area contributed by atoms with Gasteiger partial charge in [0.2, 0.25) is 0 Å². The van der Waals surface area contributed by atoms with Crippen LogP contribution >= 0.6 is 0 Å². The second kappa shape index (κ2) is 8.29. The molecule has 1 saturated heterocycles. The van der Waals surface area contributed by atoms with Gasteiger partial charge in [-0.1, -0.05) is 18.1 Å². The number of nitrogens with one attached hydrogen (secondary N) is 2. The number of amides is 2. The quantitative estimate of drug-likeness (QED) is 0.518. The van der Waals surface area contributed by atoms with E-state index in [1.165, 1.54) is 0 Å². The number of benzene rings is 2. The summed E-state index contributed by atoms with van der Waals surface area (Å²) in [6, 6.07) is 12.5. The van der Waals surface area contributed by atoms with E-state index in [2.05, 4.69) is 21.2 Å². The molecule has 2 aromatic carbocycles. The number of nitrogens with zero attached hydrogens (tertiary/aromatic N) is 2. The van der Waals surface area contributed by atoms with E-state index in [0.29, 0.717) is 23.8 Å². The van der Waals surface area contributed by atoms with E-state index < -0.39 is 11.8 Å². The fraction of sp³-hybridized carbons (Fsp3) is 0.261. The Morgan fingerprint density at radius 2 is 2.20 bits per heavy atom. The number of fused-ring (bicyclic) bond motifs is 1. The molecule has 2 amide bonds. The molecule has 0 bridgehead atoms. The van der Waals surface area contributed by atoms with Gasteiger partial charge in [0.05, 0.1) is 17.1 Å². The van der Waals surface area contributed by atoms with Gasteiger partial charge in [-0.2, -0.15) is 0 Å². The number of aromatic amines is 1. The molecule has 30 heavy (non-hydrogen) atoms. The number of ether oxygens (including phenoxy) is 1. The molecule has 2 heterocycles. The summed E-state index contributed by atoms with van der Waals surface area (Å²) in [6.07, 6.45) is 6.77. The maximum atomic E-state index is 12.9. The Bertz CT molecular complexity index is 1140. The number of carbonyl (C=O) groups is 2. The highest BCUT2D eigenvalue weighted by Gasteiger charge is 2.35. The van der Waals surface area contributed by atoms with Gasteiger partial charge in [0.25, 0.3) is 0 Å². The van der Waals surface area contributed by atoms with Crippen molar-refractivity contribution in [3.63, 3.8) is 0 Å². The zero-order valence-corrected chi connectivity index (χ0v) is 16.6. The lowest BCUT2D eigenvalue weighted by atomic mass is 10.2. The van der Waals surface area contributed by atoms with Crippen LogP contribution in [-0.4, -0.2) is 39.8 Å². The van der Waals surface area contributed by atoms with Crippen LogP contribution in [0.15, 0.2) is 42.5 Å². The van der Waals surface area contributed by atoms with Crippen LogP contribution in [0.2, 0.25) is 0 Å². The van der Waals surface area contributed by atoms with Gasteiger partial charge in [-0.05, 0) is 49.6 Å². The monoisotopic (exact) mass is 402 g/mol. The van der Waals surface area contributed by atoms with E-state index in [4.69, 9.17) is 11.2 Å². The predicted octanol–water partition coefficient (Wildman–Crippen LogP) is 3.19. The minimum absolute atomic E-state index is 0.128. The standard InChI is InChI=1S/C23H22N4O3/c1-3-12-30-17-7-4-6-16(14-17)24-22(28)23(29)27-11-5-8-20(27)21-25-18-10-9-15(2)13-19(18)26-21/h1,4,6-7,9-10,13-14,20H,5,8,11-12H2,2H3,(H,24,28)(H,25,26)/t20-/m1/s1. The van der Waals surface area contributed by atoms with E-state index in [1.54, 1.807) is 29.2 Å². The molecule has 1 aliphatic rings. The highest BCUT2D eigenvalue weighted by molar-refractivity contribution is 6.39. The Morgan fingerprint density at radius 1 is 1.33 bits per heavy atom. The number of terminal acetylenes is 1. The maximum absolute atomic E-state index is 12.9. The summed E-state index contributed by atoms with van der Waals surface area (Å²) in [6.45, 7) is 2.66. The van der Waals surface area contributed by atoms with Gasteiger partial charge in [0, 0.05) is 18.3 Å². The highest BCUT2D eigenvalue weighted by atomic mass is 16.5. The average Bonchev–Trinajstić information content (AvgIpc) is 3.38. The first kappa shape index (κ1) is 19.5. The van der Waals surface area contributed by atoms with Gasteiger partial charge in [-0.15, -0.1) is 6.42 Å². The first-order chi connectivity index (χ1) is 14.5. The fourth-order valence-corrected chi connectivity index (χ4v) is 3.70. The van der Waals surface area contributed by atoms with Gasteiger partial charge in [-0.3, -0.25) is 9.59 Å². The molecule has 7 nitrogen and oxygen atoms in total. The second-order valence-electron chi connectivity index (χ2n) is 7.27. The molecular formula is C23H22N4O3. The van der Waals surface area contributed by atoms with Crippen molar-refractivity contribution in [3.05, 3.63) is 53.9 Å². The van der Waals surface area contributed by atoms with Crippen LogP contribution in [0.5, 0.6) is 5.75 Å². The van der Waals surface area contributed by atoms with Crippen molar-refractivity contribution in [3.8, 4) is 18.1 Å². The Kier molecular flexibility index (Phi) is 5.40. The van der Waals surface area contributed by atoms with Crippen LogP contribution in [-0.2, 0) is 9.59 Å². The smallest absolute Gasteiger partial charge is 0.313 e. The summed E-state index contributed by atoms with van der Waals surface area (Å²) >= 11 is 0. The zero-order chi connectivity index (χ0) is 21.1. The molecule has 7 heteroatoms. The SMILES string of the molecule is C#CCOc1cccc(NC(=O)C(=O)N2CCC[C@@H]2c2nc3ccc(C)cc3[nH]2)c1. The minimum Gasteiger partial charge on any atom is -0.481 e. The van der Waals surface area contributed by atoms with E-state index in [9.17, 15) is 9.59 Å². The van der Waals surface area contributed by atoms with Crippen LogP contribution in [0.3, 0.4) is 0 Å². The highest BCUT2D eigenvalue weighted by Crippen LogP contribution is 2.32. The maximum Gasteiger partial charge on any atom is 0.313 e. The molecule has 1 aromatic heterocycles. The number of hydrogen-bond acceptors (Lipinski definition) is 4. The number of aromatic nitrogens is 2. The van der Waals surface area contributed by atoms with E-state index in [0.717, 1.165) is 29.4 Å². The Labute approximate surface area is 174 Å². The van der Waals surface area contributed by atoms with E-state index >= 15 is 0 Å². The third kappa shape index (κ3) is 3.98. The van der Waals surface area contributed by atoms with Crippen molar-refractivity contribution < 1.29 is 14.3 Å². The normalized spacial score (nSPS) is 15.7. The number of imidazole rings is 1. The Morgan fingerprint density at radius 3 is 3.03 bits per heavy atom. The molecule has 2 N–H and O–H groups in total. The predicted molar refractivity (Wildman–Crippen MR) is 114 cm³/mol. The Balaban J connectivity index is 1.49. The third-order valence-electron chi connectivity index (χ3n) is 5.09. The van der Waals surface area contributed by atoms with Gasteiger partial charge in [-0.25, -0.2) is 4.98 Å². The van der Waals surface area contributed by atoms with Crippen molar-refractivity contribution in [2.45, 2.75) is 25.8 Å². The van der Waals surface area contributed by atoms with Crippen molar-refractivity contribution in [2.75, 3.05) is 18.5 Å². The summed E-state index contributed by atoms with van der Waals surface area (Å²) in [4.78, 5) is 35.0. The van der Waals surface area contributed by atoms with Crippen molar-refractivity contribution in [1.29, 1.82) is 0 Å². The molecule has 0 aliphatic carbocycles. The third-order valence-corrected chi connectivity index (χ3v) is 5.09. The largest absolute Gasteiger partial charge is 0.481 e. The zero-order valence-electron chi connectivity index (χ0n) is 16.6. The number of rotatable bonds is 4. The van der Waals surface area contributed by atoms with Gasteiger partial charge in [0.1, 0.15) is 18.2 Å². The molecule has 1 fully saturated rings. The number of H-pyrrole nitrogens is 1. The van der Waals surface area contributed by atoms with Gasteiger partial charge < -0.3 is 19.9 Å². The molecule has 1 aliphatic heterocycles. The molecule has 4 rings (SSSR count). The lowest BCUT2D eigenvalue weighted by Crippen LogP contribution is -2.39. The molecule has 0 spiro atoms. The summed E-state index contributed by atoms with van der Waals surface area (Å²) < 4.78 is 5.35. The summed E-state index contributed by atoms with van der Waals surface area (Å²) in [5.41, 5.74) is 3.38. The second-order valence-corrected chi connectivity index (χ2v) is 7.27. The van der Waals surface area contributed by atoms with Crippen LogP contribution in [0, 0.1) is 19.3 Å². The summed E-state index contributed by atoms with van der Waals surface area (Å²) in [7, 11) is 0.